The van der Waals surface area contributed by atoms with Gasteiger partial charge in [0, 0.05) is 18.7 Å². The smallest absolute Gasteiger partial charge is 0.401 e. The van der Waals surface area contributed by atoms with E-state index in [0.717, 1.165) is 11.1 Å². The van der Waals surface area contributed by atoms with Gasteiger partial charge in [-0.3, -0.25) is 4.90 Å². The second kappa shape index (κ2) is 6.77. The number of hydrogen-bond donors (Lipinski definition) is 1. The normalized spacial score (nSPS) is 11.9. The highest BCUT2D eigenvalue weighted by molar-refractivity contribution is 5.37. The van der Waals surface area contributed by atoms with Gasteiger partial charge < -0.3 is 10.5 Å². The van der Waals surface area contributed by atoms with E-state index in [0.29, 0.717) is 18.8 Å². The molecule has 0 bridgehead atoms. The van der Waals surface area contributed by atoms with Crippen LogP contribution in [0, 0.1) is 0 Å². The topological polar surface area (TPSA) is 38.5 Å². The van der Waals surface area contributed by atoms with Crippen LogP contribution in [-0.4, -0.2) is 31.3 Å². The number of methoxy groups -OCH3 is 1. The minimum absolute atomic E-state index is 0.233. The molecule has 0 aliphatic heterocycles. The van der Waals surface area contributed by atoms with Crippen LogP contribution in [-0.2, 0) is 13.1 Å². The van der Waals surface area contributed by atoms with Gasteiger partial charge in [0.25, 0.3) is 0 Å². The van der Waals surface area contributed by atoms with Crippen molar-refractivity contribution in [3.8, 4) is 5.75 Å². The summed E-state index contributed by atoms with van der Waals surface area (Å²) in [7, 11) is 1.52. The van der Waals surface area contributed by atoms with Crippen molar-refractivity contribution in [2.45, 2.75) is 26.2 Å². The van der Waals surface area contributed by atoms with Gasteiger partial charge in [-0.15, -0.1) is 0 Å². The number of nitrogens with zero attached hydrogens (tertiary/aromatic N) is 1. The average Bonchev–Trinajstić information content (AvgIpc) is 2.36. The van der Waals surface area contributed by atoms with Crippen molar-refractivity contribution in [2.75, 3.05) is 20.2 Å². The van der Waals surface area contributed by atoms with E-state index in [1.165, 1.54) is 12.0 Å². The Kier molecular flexibility index (Phi) is 5.62. The lowest BCUT2D eigenvalue weighted by atomic mass is 10.1. The molecule has 108 valence electrons. The van der Waals surface area contributed by atoms with Crippen LogP contribution in [0.4, 0.5) is 13.2 Å². The van der Waals surface area contributed by atoms with Crippen molar-refractivity contribution in [2.24, 2.45) is 5.73 Å². The second-order valence-corrected chi connectivity index (χ2v) is 4.27. The van der Waals surface area contributed by atoms with Gasteiger partial charge in [0.15, 0.2) is 0 Å². The first-order valence-corrected chi connectivity index (χ1v) is 6.04. The molecule has 0 aliphatic carbocycles. The van der Waals surface area contributed by atoms with E-state index in [1.54, 1.807) is 25.1 Å². The zero-order valence-corrected chi connectivity index (χ0v) is 11.1. The largest absolute Gasteiger partial charge is 0.496 e. The fourth-order valence-electron chi connectivity index (χ4n) is 1.85. The number of halogens is 3. The van der Waals surface area contributed by atoms with Gasteiger partial charge in [-0.05, 0) is 18.2 Å². The summed E-state index contributed by atoms with van der Waals surface area (Å²) in [6, 6.07) is 5.31. The number of hydrogen-bond acceptors (Lipinski definition) is 3. The van der Waals surface area contributed by atoms with E-state index in [4.69, 9.17) is 10.5 Å². The molecule has 0 amide bonds. The standard InChI is InChI=1S/C13H19F3N2O/c1-3-18(9-13(14,15)16)8-10-4-5-11(7-17)12(6-10)19-2/h4-6H,3,7-9,17H2,1-2H3. The van der Waals surface area contributed by atoms with Gasteiger partial charge in [-0.2, -0.15) is 13.2 Å². The summed E-state index contributed by atoms with van der Waals surface area (Å²) in [4.78, 5) is 1.33. The summed E-state index contributed by atoms with van der Waals surface area (Å²) in [5, 5.41) is 0. The Labute approximate surface area is 111 Å². The Morgan fingerprint density at radius 3 is 2.47 bits per heavy atom. The molecule has 0 atom stereocenters. The summed E-state index contributed by atoms with van der Waals surface area (Å²) in [6.07, 6.45) is -4.18. The SMILES string of the molecule is CCN(Cc1ccc(CN)c(OC)c1)CC(F)(F)F. The predicted octanol–water partition coefficient (Wildman–Crippen LogP) is 2.54. The molecule has 0 heterocycles. The number of rotatable bonds is 6. The molecule has 2 N–H and O–H groups in total. The Balaban J connectivity index is 2.80. The Bertz CT molecular complexity index is 407. The van der Waals surface area contributed by atoms with Crippen molar-refractivity contribution in [1.29, 1.82) is 0 Å². The van der Waals surface area contributed by atoms with E-state index in [-0.39, 0.29) is 6.54 Å². The third-order valence-electron chi connectivity index (χ3n) is 2.83. The molecule has 0 aliphatic rings. The van der Waals surface area contributed by atoms with E-state index in [2.05, 4.69) is 0 Å². The van der Waals surface area contributed by atoms with Gasteiger partial charge in [0.05, 0.1) is 13.7 Å². The maximum atomic E-state index is 12.4. The highest BCUT2D eigenvalue weighted by Crippen LogP contribution is 2.22. The van der Waals surface area contributed by atoms with Gasteiger partial charge in [-0.25, -0.2) is 0 Å². The molecule has 0 aromatic heterocycles. The highest BCUT2D eigenvalue weighted by Gasteiger charge is 2.30. The number of benzene rings is 1. The van der Waals surface area contributed by atoms with Gasteiger partial charge in [-0.1, -0.05) is 19.1 Å². The van der Waals surface area contributed by atoms with E-state index in [1.807, 2.05) is 0 Å². The van der Waals surface area contributed by atoms with Crippen molar-refractivity contribution in [1.82, 2.24) is 4.90 Å². The Morgan fingerprint density at radius 1 is 1.32 bits per heavy atom. The third-order valence-corrected chi connectivity index (χ3v) is 2.83. The maximum absolute atomic E-state index is 12.4. The predicted molar refractivity (Wildman–Crippen MR) is 67.9 cm³/mol. The molecule has 3 nitrogen and oxygen atoms in total. The zero-order chi connectivity index (χ0) is 14.5. The highest BCUT2D eigenvalue weighted by atomic mass is 19.4. The molecule has 0 radical (unpaired) electrons. The summed E-state index contributed by atoms with van der Waals surface area (Å²) in [5.41, 5.74) is 7.16. The summed E-state index contributed by atoms with van der Waals surface area (Å²) < 4.78 is 42.3. The molecular formula is C13H19F3N2O. The molecule has 0 saturated heterocycles. The molecule has 19 heavy (non-hydrogen) atoms. The molecule has 6 heteroatoms. The first kappa shape index (κ1) is 15.8. The van der Waals surface area contributed by atoms with Crippen molar-refractivity contribution in [3.05, 3.63) is 29.3 Å². The van der Waals surface area contributed by atoms with E-state index >= 15 is 0 Å². The lowest BCUT2D eigenvalue weighted by molar-refractivity contribution is -0.146. The maximum Gasteiger partial charge on any atom is 0.401 e. The minimum atomic E-state index is -4.18. The molecule has 1 aromatic rings. The molecule has 0 unspecified atom stereocenters. The molecule has 0 saturated carbocycles. The number of alkyl halides is 3. The van der Waals surface area contributed by atoms with E-state index < -0.39 is 12.7 Å². The summed E-state index contributed by atoms with van der Waals surface area (Å²) in [6.45, 7) is 1.70. The quantitative estimate of drug-likeness (QED) is 0.867. The van der Waals surface area contributed by atoms with Crippen molar-refractivity contribution >= 4 is 0 Å². The molecular weight excluding hydrogens is 257 g/mol. The van der Waals surface area contributed by atoms with Crippen LogP contribution in [0.25, 0.3) is 0 Å². The molecule has 1 rings (SSSR count). The average molecular weight is 276 g/mol. The fourth-order valence-corrected chi connectivity index (χ4v) is 1.85. The zero-order valence-electron chi connectivity index (χ0n) is 11.1. The third kappa shape index (κ3) is 5.08. The van der Waals surface area contributed by atoms with Crippen LogP contribution in [0.15, 0.2) is 18.2 Å². The molecule has 1 aromatic carbocycles. The number of nitrogens with two attached hydrogens (primary N) is 1. The van der Waals surface area contributed by atoms with Crippen LogP contribution in [0.1, 0.15) is 18.1 Å². The minimum Gasteiger partial charge on any atom is -0.496 e. The summed E-state index contributed by atoms with van der Waals surface area (Å²) in [5.74, 6) is 0.614. The number of ether oxygens (including phenoxy) is 1. The molecule has 0 fully saturated rings. The van der Waals surface area contributed by atoms with Crippen LogP contribution in [0.2, 0.25) is 0 Å². The van der Waals surface area contributed by atoms with E-state index in [9.17, 15) is 13.2 Å². The van der Waals surface area contributed by atoms with Crippen LogP contribution < -0.4 is 10.5 Å². The summed E-state index contributed by atoms with van der Waals surface area (Å²) >= 11 is 0. The Morgan fingerprint density at radius 2 is 2.00 bits per heavy atom. The van der Waals surface area contributed by atoms with Crippen LogP contribution in [0.5, 0.6) is 5.75 Å². The van der Waals surface area contributed by atoms with Crippen molar-refractivity contribution in [3.63, 3.8) is 0 Å². The van der Waals surface area contributed by atoms with Gasteiger partial charge in [0.2, 0.25) is 0 Å². The molecule has 0 spiro atoms. The first-order valence-electron chi connectivity index (χ1n) is 6.04. The second-order valence-electron chi connectivity index (χ2n) is 4.27. The van der Waals surface area contributed by atoms with Crippen molar-refractivity contribution < 1.29 is 17.9 Å². The van der Waals surface area contributed by atoms with Crippen LogP contribution >= 0.6 is 0 Å². The van der Waals surface area contributed by atoms with Crippen LogP contribution in [0.3, 0.4) is 0 Å². The van der Waals surface area contributed by atoms with Gasteiger partial charge >= 0.3 is 6.18 Å². The lowest BCUT2D eigenvalue weighted by Gasteiger charge is -2.22. The fraction of sp³-hybridized carbons (Fsp3) is 0.538. The monoisotopic (exact) mass is 276 g/mol. The first-order chi connectivity index (χ1) is 8.89. The Hall–Kier alpha value is -1.27. The van der Waals surface area contributed by atoms with Gasteiger partial charge in [0.1, 0.15) is 5.75 Å². The lowest BCUT2D eigenvalue weighted by Crippen LogP contribution is -2.33.